The average molecular weight is 454 g/mol. The predicted molar refractivity (Wildman–Crippen MR) is 119 cm³/mol. The molecule has 1 N–H and O–H groups in total. The van der Waals surface area contributed by atoms with Gasteiger partial charge in [0.15, 0.2) is 11.5 Å². The van der Waals surface area contributed by atoms with E-state index in [1.54, 1.807) is 42.8 Å². The molecule has 0 spiro atoms. The SMILES string of the molecule is COc1cccc(-c2nnc3ccc(OCCNS(=O)(=O)c4cc(C)ccc4C)nn23)c1. The fourth-order valence-corrected chi connectivity index (χ4v) is 4.54. The summed E-state index contributed by atoms with van der Waals surface area (Å²) in [6.07, 6.45) is 0. The fourth-order valence-electron chi connectivity index (χ4n) is 3.20. The molecule has 0 radical (unpaired) electrons. The summed E-state index contributed by atoms with van der Waals surface area (Å²) in [5.74, 6) is 1.56. The second kappa shape index (κ2) is 8.93. The van der Waals surface area contributed by atoms with Crippen LogP contribution in [-0.2, 0) is 10.0 Å². The number of methoxy groups -OCH3 is 1. The quantitative estimate of drug-likeness (QED) is 0.409. The Morgan fingerprint density at radius 3 is 2.69 bits per heavy atom. The van der Waals surface area contributed by atoms with Crippen molar-refractivity contribution in [3.63, 3.8) is 0 Å². The first-order chi connectivity index (χ1) is 15.4. The molecule has 166 valence electrons. The molecule has 4 rings (SSSR count). The number of fused-ring (bicyclic) bond motifs is 1. The highest BCUT2D eigenvalue weighted by Gasteiger charge is 2.17. The third kappa shape index (κ3) is 4.56. The Bertz CT molecular complexity index is 1370. The zero-order chi connectivity index (χ0) is 22.7. The maximum atomic E-state index is 12.6. The Morgan fingerprint density at radius 2 is 1.88 bits per heavy atom. The molecule has 10 heteroatoms. The molecule has 0 saturated carbocycles. The Hall–Kier alpha value is -3.50. The second-order valence-corrected chi connectivity index (χ2v) is 8.95. The van der Waals surface area contributed by atoms with E-state index in [-0.39, 0.29) is 18.0 Å². The van der Waals surface area contributed by atoms with Crippen LogP contribution in [0.5, 0.6) is 11.6 Å². The van der Waals surface area contributed by atoms with Crippen LogP contribution in [0, 0.1) is 13.8 Å². The summed E-state index contributed by atoms with van der Waals surface area (Å²) in [7, 11) is -2.03. The number of nitrogens with zero attached hydrogens (tertiary/aromatic N) is 4. The number of aromatic nitrogens is 4. The van der Waals surface area contributed by atoms with Gasteiger partial charge in [0.2, 0.25) is 15.9 Å². The molecule has 4 aromatic rings. The van der Waals surface area contributed by atoms with Crippen molar-refractivity contribution in [3.8, 4) is 23.0 Å². The zero-order valence-corrected chi connectivity index (χ0v) is 18.8. The molecule has 0 fully saturated rings. The number of benzene rings is 2. The van der Waals surface area contributed by atoms with Crippen LogP contribution in [0.15, 0.2) is 59.5 Å². The van der Waals surface area contributed by atoms with E-state index in [4.69, 9.17) is 9.47 Å². The van der Waals surface area contributed by atoms with Crippen LogP contribution in [0.1, 0.15) is 11.1 Å². The highest BCUT2D eigenvalue weighted by atomic mass is 32.2. The molecule has 9 nitrogen and oxygen atoms in total. The van der Waals surface area contributed by atoms with E-state index < -0.39 is 10.0 Å². The van der Waals surface area contributed by atoms with Gasteiger partial charge in [0, 0.05) is 18.2 Å². The van der Waals surface area contributed by atoms with Gasteiger partial charge in [-0.3, -0.25) is 0 Å². The topological polar surface area (TPSA) is 108 Å². The standard InChI is InChI=1S/C22H23N5O4S/c1-15-7-8-16(2)19(13-15)32(28,29)23-11-12-31-21-10-9-20-24-25-22(27(20)26-21)17-5-4-6-18(14-17)30-3/h4-10,13-14,23H,11-12H2,1-3H3. The smallest absolute Gasteiger partial charge is 0.240 e. The van der Waals surface area contributed by atoms with Crippen LogP contribution in [-0.4, -0.2) is 48.5 Å². The van der Waals surface area contributed by atoms with E-state index in [1.807, 2.05) is 37.3 Å². The highest BCUT2D eigenvalue weighted by Crippen LogP contribution is 2.23. The van der Waals surface area contributed by atoms with Gasteiger partial charge in [-0.15, -0.1) is 15.3 Å². The Kier molecular flexibility index (Phi) is 6.06. The van der Waals surface area contributed by atoms with E-state index in [1.165, 1.54) is 0 Å². The number of sulfonamides is 1. The van der Waals surface area contributed by atoms with Gasteiger partial charge < -0.3 is 9.47 Å². The van der Waals surface area contributed by atoms with Crippen molar-refractivity contribution < 1.29 is 17.9 Å². The first-order valence-corrected chi connectivity index (χ1v) is 11.4. The third-order valence-corrected chi connectivity index (χ3v) is 6.45. The second-order valence-electron chi connectivity index (χ2n) is 7.21. The van der Waals surface area contributed by atoms with Gasteiger partial charge >= 0.3 is 0 Å². The van der Waals surface area contributed by atoms with Crippen molar-refractivity contribution in [1.29, 1.82) is 0 Å². The number of hydrogen-bond donors (Lipinski definition) is 1. The van der Waals surface area contributed by atoms with Crippen molar-refractivity contribution in [3.05, 3.63) is 65.7 Å². The van der Waals surface area contributed by atoms with E-state index in [9.17, 15) is 8.42 Å². The minimum atomic E-state index is -3.63. The minimum absolute atomic E-state index is 0.0976. The van der Waals surface area contributed by atoms with Gasteiger partial charge in [-0.25, -0.2) is 13.1 Å². The zero-order valence-electron chi connectivity index (χ0n) is 17.9. The molecule has 0 bridgehead atoms. The van der Waals surface area contributed by atoms with Gasteiger partial charge in [0.25, 0.3) is 0 Å². The molecular weight excluding hydrogens is 430 g/mol. The summed E-state index contributed by atoms with van der Waals surface area (Å²) >= 11 is 0. The molecule has 0 amide bonds. The van der Waals surface area contributed by atoms with Crippen LogP contribution in [0.2, 0.25) is 0 Å². The molecule has 0 saturated heterocycles. The lowest BCUT2D eigenvalue weighted by atomic mass is 10.2. The first kappa shape index (κ1) is 21.7. The summed E-state index contributed by atoms with van der Waals surface area (Å²) in [4.78, 5) is 0.268. The number of aryl methyl sites for hydroxylation is 2. The fraction of sp³-hybridized carbons (Fsp3) is 0.227. The summed E-state index contributed by atoms with van der Waals surface area (Å²) < 4.78 is 40.3. The van der Waals surface area contributed by atoms with Crippen LogP contribution in [0.4, 0.5) is 0 Å². The molecule has 0 atom stereocenters. The summed E-state index contributed by atoms with van der Waals surface area (Å²) in [5.41, 5.74) is 2.92. The van der Waals surface area contributed by atoms with Crippen molar-refractivity contribution in [2.45, 2.75) is 18.7 Å². The molecule has 0 aliphatic carbocycles. The number of hydrogen-bond acceptors (Lipinski definition) is 7. The van der Waals surface area contributed by atoms with Gasteiger partial charge in [-0.1, -0.05) is 24.3 Å². The van der Waals surface area contributed by atoms with E-state index in [0.717, 1.165) is 11.1 Å². The van der Waals surface area contributed by atoms with Crippen molar-refractivity contribution in [2.75, 3.05) is 20.3 Å². The number of nitrogens with one attached hydrogen (secondary N) is 1. The lowest BCUT2D eigenvalue weighted by Gasteiger charge is -2.11. The van der Waals surface area contributed by atoms with Gasteiger partial charge in [-0.05, 0) is 49.2 Å². The van der Waals surface area contributed by atoms with Gasteiger partial charge in [0.05, 0.1) is 12.0 Å². The molecule has 2 aromatic heterocycles. The molecule has 32 heavy (non-hydrogen) atoms. The molecule has 2 aromatic carbocycles. The molecule has 0 aliphatic heterocycles. The van der Waals surface area contributed by atoms with Crippen molar-refractivity contribution in [2.24, 2.45) is 0 Å². The molecule has 2 heterocycles. The summed E-state index contributed by atoms with van der Waals surface area (Å²) in [6, 6.07) is 16.1. The first-order valence-electron chi connectivity index (χ1n) is 9.94. The molecular formula is C22H23N5O4S. The summed E-state index contributed by atoms with van der Waals surface area (Å²) in [5, 5.41) is 12.8. The van der Waals surface area contributed by atoms with Crippen molar-refractivity contribution in [1.82, 2.24) is 24.5 Å². The van der Waals surface area contributed by atoms with E-state index in [0.29, 0.717) is 28.7 Å². The lowest BCUT2D eigenvalue weighted by Crippen LogP contribution is -2.29. The maximum absolute atomic E-state index is 12.6. The normalized spacial score (nSPS) is 11.6. The van der Waals surface area contributed by atoms with Gasteiger partial charge in [0.1, 0.15) is 12.4 Å². The van der Waals surface area contributed by atoms with Crippen LogP contribution < -0.4 is 14.2 Å². The van der Waals surface area contributed by atoms with E-state index in [2.05, 4.69) is 20.0 Å². The highest BCUT2D eigenvalue weighted by molar-refractivity contribution is 7.89. The van der Waals surface area contributed by atoms with Crippen LogP contribution >= 0.6 is 0 Å². The van der Waals surface area contributed by atoms with Crippen molar-refractivity contribution >= 4 is 15.7 Å². The molecule has 0 unspecified atom stereocenters. The van der Waals surface area contributed by atoms with E-state index >= 15 is 0 Å². The monoisotopic (exact) mass is 453 g/mol. The Labute approximate surface area is 186 Å². The third-order valence-electron chi connectivity index (χ3n) is 4.84. The summed E-state index contributed by atoms with van der Waals surface area (Å²) in [6.45, 7) is 3.83. The minimum Gasteiger partial charge on any atom is -0.497 e. The Morgan fingerprint density at radius 1 is 1.03 bits per heavy atom. The van der Waals surface area contributed by atoms with Gasteiger partial charge in [-0.2, -0.15) is 4.52 Å². The molecule has 0 aliphatic rings. The predicted octanol–water partition coefficient (Wildman–Crippen LogP) is 2.77. The van der Waals surface area contributed by atoms with Crippen LogP contribution in [0.3, 0.4) is 0 Å². The Balaban J connectivity index is 1.45. The average Bonchev–Trinajstić information content (AvgIpc) is 3.21. The number of rotatable bonds is 8. The maximum Gasteiger partial charge on any atom is 0.240 e. The number of ether oxygens (including phenoxy) is 2. The van der Waals surface area contributed by atoms with Crippen LogP contribution in [0.25, 0.3) is 17.0 Å². The largest absolute Gasteiger partial charge is 0.497 e. The lowest BCUT2D eigenvalue weighted by molar-refractivity contribution is 0.306.